The number of nitrogens with one attached hydrogen (secondary N) is 1. The summed E-state index contributed by atoms with van der Waals surface area (Å²) in [6.45, 7) is 4.71. The number of aromatic nitrogens is 4. The molecule has 2 aromatic rings. The van der Waals surface area contributed by atoms with Crippen molar-refractivity contribution in [3.05, 3.63) is 22.9 Å². The van der Waals surface area contributed by atoms with Gasteiger partial charge in [-0.25, -0.2) is 19.3 Å². The van der Waals surface area contributed by atoms with Crippen LogP contribution in [-0.4, -0.2) is 63.1 Å². The number of hydrogen-bond donors (Lipinski definition) is 1. The minimum atomic E-state index is -0.263. The molecule has 0 spiro atoms. The monoisotopic (exact) mass is 282 g/mol. The van der Waals surface area contributed by atoms with Crippen molar-refractivity contribution in [3.63, 3.8) is 0 Å². The van der Waals surface area contributed by atoms with Crippen LogP contribution in [-0.2, 0) is 0 Å². The molecule has 3 rings (SSSR count). The van der Waals surface area contributed by atoms with Gasteiger partial charge in [-0.05, 0) is 0 Å². The number of rotatable bonds is 3. The summed E-state index contributed by atoms with van der Waals surface area (Å²) in [6.07, 6.45) is 1.52. The Morgan fingerprint density at radius 3 is 2.84 bits per heavy atom. The van der Waals surface area contributed by atoms with Gasteiger partial charge >= 0.3 is 5.69 Å². The Morgan fingerprint density at radius 2 is 2.11 bits per heavy atom. The van der Waals surface area contributed by atoms with Crippen molar-refractivity contribution in [2.45, 2.75) is 0 Å². The van der Waals surface area contributed by atoms with Gasteiger partial charge in [0.1, 0.15) is 12.1 Å². The van der Waals surface area contributed by atoms with Gasteiger partial charge in [0, 0.05) is 44.7 Å². The first kappa shape index (κ1) is 12.4. The Balaban J connectivity index is 1.76. The number of H-pyrrole nitrogens is 1. The number of aromatic amines is 1. The third kappa shape index (κ3) is 2.43. The first-order valence-electron chi connectivity index (χ1n) is 6.24. The molecule has 8 heteroatoms. The van der Waals surface area contributed by atoms with Crippen LogP contribution < -0.4 is 10.6 Å². The van der Waals surface area contributed by atoms with Crippen LogP contribution >= 0.6 is 11.6 Å². The number of fused-ring (bicyclic) bond motifs is 1. The molecular formula is C11H15ClN6O. The SMILES string of the molecule is O=c1[nH]nc2cc(N3CCN(CCCl)CC3)ncn12. The molecule has 0 atom stereocenters. The van der Waals surface area contributed by atoms with Gasteiger partial charge < -0.3 is 4.90 Å². The lowest BCUT2D eigenvalue weighted by molar-refractivity contribution is 0.272. The summed E-state index contributed by atoms with van der Waals surface area (Å²) >= 11 is 5.74. The number of piperazine rings is 1. The molecule has 0 saturated carbocycles. The standard InChI is InChI=1S/C11H15ClN6O/c12-1-2-16-3-5-17(6-4-16)9-7-10-14-15-11(19)18(10)8-13-9/h7-8H,1-6H2,(H,15,19). The lowest BCUT2D eigenvalue weighted by Gasteiger charge is -2.34. The van der Waals surface area contributed by atoms with Crippen LogP contribution in [0.1, 0.15) is 0 Å². The van der Waals surface area contributed by atoms with Crippen molar-refractivity contribution in [1.29, 1.82) is 0 Å². The second kappa shape index (κ2) is 5.18. The summed E-state index contributed by atoms with van der Waals surface area (Å²) in [5, 5.41) is 6.36. The van der Waals surface area contributed by atoms with Gasteiger partial charge in [0.25, 0.3) is 0 Å². The van der Waals surface area contributed by atoms with Crippen molar-refractivity contribution in [2.24, 2.45) is 0 Å². The molecule has 0 radical (unpaired) electrons. The van der Waals surface area contributed by atoms with Crippen LogP contribution in [0.4, 0.5) is 5.82 Å². The fourth-order valence-electron chi connectivity index (χ4n) is 2.29. The highest BCUT2D eigenvalue weighted by atomic mass is 35.5. The number of hydrogen-bond acceptors (Lipinski definition) is 5. The van der Waals surface area contributed by atoms with E-state index in [2.05, 4.69) is 25.0 Å². The zero-order valence-electron chi connectivity index (χ0n) is 10.4. The molecule has 0 bridgehead atoms. The first-order chi connectivity index (χ1) is 9.28. The summed E-state index contributed by atoms with van der Waals surface area (Å²) in [6, 6.07) is 1.83. The summed E-state index contributed by atoms with van der Waals surface area (Å²) in [5.41, 5.74) is 0.333. The third-order valence-electron chi connectivity index (χ3n) is 3.39. The minimum Gasteiger partial charge on any atom is -0.354 e. The van der Waals surface area contributed by atoms with E-state index in [1.165, 1.54) is 10.7 Å². The van der Waals surface area contributed by atoms with Crippen LogP contribution in [0.2, 0.25) is 0 Å². The van der Waals surface area contributed by atoms with Gasteiger partial charge in [0.15, 0.2) is 5.65 Å². The van der Waals surface area contributed by atoms with E-state index in [0.717, 1.165) is 38.5 Å². The van der Waals surface area contributed by atoms with Crippen LogP contribution in [0.25, 0.3) is 5.65 Å². The smallest absolute Gasteiger partial charge is 0.348 e. The van der Waals surface area contributed by atoms with Gasteiger partial charge in [0.2, 0.25) is 0 Å². The van der Waals surface area contributed by atoms with Crippen molar-refractivity contribution in [1.82, 2.24) is 24.5 Å². The summed E-state index contributed by atoms with van der Waals surface area (Å²) in [4.78, 5) is 20.2. The van der Waals surface area contributed by atoms with Gasteiger partial charge in [-0.15, -0.1) is 11.6 Å². The average molecular weight is 283 g/mol. The van der Waals surface area contributed by atoms with Gasteiger partial charge in [-0.2, -0.15) is 5.10 Å². The molecule has 0 aromatic carbocycles. The average Bonchev–Trinajstić information content (AvgIpc) is 2.81. The topological polar surface area (TPSA) is 69.5 Å². The van der Waals surface area contributed by atoms with Crippen LogP contribution in [0.3, 0.4) is 0 Å². The molecule has 2 aromatic heterocycles. The molecule has 1 saturated heterocycles. The lowest BCUT2D eigenvalue weighted by Crippen LogP contribution is -2.47. The van der Waals surface area contributed by atoms with Crippen molar-refractivity contribution in [2.75, 3.05) is 43.5 Å². The third-order valence-corrected chi connectivity index (χ3v) is 3.56. The molecule has 3 heterocycles. The Hall–Kier alpha value is -1.60. The molecule has 19 heavy (non-hydrogen) atoms. The zero-order valence-corrected chi connectivity index (χ0v) is 11.2. The zero-order chi connectivity index (χ0) is 13.2. The molecular weight excluding hydrogens is 268 g/mol. The maximum atomic E-state index is 11.4. The van der Waals surface area contributed by atoms with E-state index in [4.69, 9.17) is 11.6 Å². The second-order valence-corrected chi connectivity index (χ2v) is 4.90. The predicted molar refractivity (Wildman–Crippen MR) is 73.0 cm³/mol. The maximum Gasteiger partial charge on any atom is 0.348 e. The largest absolute Gasteiger partial charge is 0.354 e. The van der Waals surface area contributed by atoms with E-state index >= 15 is 0 Å². The highest BCUT2D eigenvalue weighted by Gasteiger charge is 2.18. The molecule has 0 amide bonds. The molecule has 7 nitrogen and oxygen atoms in total. The summed E-state index contributed by atoms with van der Waals surface area (Å²) in [5.74, 6) is 1.53. The molecule has 1 aliphatic rings. The maximum absolute atomic E-state index is 11.4. The second-order valence-electron chi connectivity index (χ2n) is 4.52. The van der Waals surface area contributed by atoms with E-state index in [9.17, 15) is 4.79 Å². The Kier molecular flexibility index (Phi) is 3.39. The quantitative estimate of drug-likeness (QED) is 0.788. The van der Waals surface area contributed by atoms with Gasteiger partial charge in [-0.3, -0.25) is 4.90 Å². The molecule has 102 valence electrons. The van der Waals surface area contributed by atoms with Crippen molar-refractivity contribution in [3.8, 4) is 0 Å². The fraction of sp³-hybridized carbons (Fsp3) is 0.545. The first-order valence-corrected chi connectivity index (χ1v) is 6.77. The Bertz CT molecular complexity index is 615. The highest BCUT2D eigenvalue weighted by molar-refractivity contribution is 6.18. The van der Waals surface area contributed by atoms with Crippen LogP contribution in [0.5, 0.6) is 0 Å². The predicted octanol–water partition coefficient (Wildman–Crippen LogP) is -0.222. The van der Waals surface area contributed by atoms with E-state index < -0.39 is 0 Å². The highest BCUT2D eigenvalue weighted by Crippen LogP contribution is 2.14. The van der Waals surface area contributed by atoms with Crippen LogP contribution in [0.15, 0.2) is 17.2 Å². The lowest BCUT2D eigenvalue weighted by atomic mass is 10.3. The summed E-state index contributed by atoms with van der Waals surface area (Å²) in [7, 11) is 0. The molecule has 0 unspecified atom stereocenters. The number of anilines is 1. The van der Waals surface area contributed by atoms with Crippen LogP contribution in [0, 0.1) is 0 Å². The minimum absolute atomic E-state index is 0.263. The Labute approximate surface area is 114 Å². The number of alkyl halides is 1. The number of halogens is 1. The Morgan fingerprint density at radius 1 is 1.32 bits per heavy atom. The van der Waals surface area contributed by atoms with E-state index in [-0.39, 0.29) is 5.69 Å². The fourth-order valence-corrected chi connectivity index (χ4v) is 2.53. The van der Waals surface area contributed by atoms with E-state index in [1.807, 2.05) is 6.07 Å². The molecule has 0 aliphatic carbocycles. The molecule has 1 N–H and O–H groups in total. The molecule has 1 fully saturated rings. The van der Waals surface area contributed by atoms with Crippen molar-refractivity contribution >= 4 is 23.1 Å². The van der Waals surface area contributed by atoms with Gasteiger partial charge in [0.05, 0.1) is 0 Å². The van der Waals surface area contributed by atoms with Gasteiger partial charge in [-0.1, -0.05) is 0 Å². The van der Waals surface area contributed by atoms with E-state index in [1.54, 1.807) is 0 Å². The molecule has 1 aliphatic heterocycles. The number of nitrogens with zero attached hydrogens (tertiary/aromatic N) is 5. The normalized spacial score (nSPS) is 17.2. The van der Waals surface area contributed by atoms with E-state index in [0.29, 0.717) is 11.5 Å². The van der Waals surface area contributed by atoms with Crippen molar-refractivity contribution < 1.29 is 0 Å². The summed E-state index contributed by atoms with van der Waals surface area (Å²) < 4.78 is 1.40.